The summed E-state index contributed by atoms with van der Waals surface area (Å²) in [6.07, 6.45) is 7.17. The molecular formula is C17H33NO2. The monoisotopic (exact) mass is 283 g/mol. The molecule has 0 amide bonds. The molecule has 4 atom stereocenters. The van der Waals surface area contributed by atoms with Crippen LogP contribution in [0.3, 0.4) is 0 Å². The Kier molecular flexibility index (Phi) is 5.88. The lowest BCUT2D eigenvalue weighted by molar-refractivity contribution is -0.0977. The van der Waals surface area contributed by atoms with E-state index >= 15 is 0 Å². The van der Waals surface area contributed by atoms with E-state index in [0.29, 0.717) is 5.92 Å². The molecule has 1 aliphatic heterocycles. The van der Waals surface area contributed by atoms with Crippen molar-refractivity contribution >= 4 is 0 Å². The Labute approximate surface area is 124 Å². The third-order valence-corrected chi connectivity index (χ3v) is 5.93. The van der Waals surface area contributed by atoms with Gasteiger partial charge in [-0.1, -0.05) is 33.1 Å². The minimum atomic E-state index is -0.194. The molecule has 1 heterocycles. The third-order valence-electron chi connectivity index (χ3n) is 5.93. The first-order valence-corrected chi connectivity index (χ1v) is 8.62. The molecular weight excluding hydrogens is 250 g/mol. The van der Waals surface area contributed by atoms with Crippen molar-refractivity contribution in [3.8, 4) is 0 Å². The fourth-order valence-corrected chi connectivity index (χ4v) is 4.19. The third kappa shape index (κ3) is 3.37. The zero-order chi connectivity index (χ0) is 14.6. The van der Waals surface area contributed by atoms with E-state index < -0.39 is 0 Å². The van der Waals surface area contributed by atoms with Crippen LogP contribution in [-0.2, 0) is 4.74 Å². The van der Waals surface area contributed by atoms with Crippen molar-refractivity contribution in [2.24, 2.45) is 11.8 Å². The number of nitrogens with zero attached hydrogens (tertiary/aromatic N) is 1. The molecule has 2 rings (SSSR count). The number of aliphatic hydroxyl groups is 1. The van der Waals surface area contributed by atoms with Crippen LogP contribution in [0.15, 0.2) is 0 Å². The maximum absolute atomic E-state index is 11.1. The van der Waals surface area contributed by atoms with Gasteiger partial charge < -0.3 is 9.84 Å². The van der Waals surface area contributed by atoms with Crippen molar-refractivity contribution in [2.45, 2.75) is 70.9 Å². The van der Waals surface area contributed by atoms with Gasteiger partial charge in [-0.3, -0.25) is 4.90 Å². The Bertz CT molecular complexity index is 291. The standard InChI is InChI=1S/C17H33NO2/c1-4-14-7-6-8-15(13-14)16(19)17(3,5-2)18-9-11-20-12-10-18/h14-16,19H,4-13H2,1-3H3. The molecule has 2 fully saturated rings. The Morgan fingerprint density at radius 1 is 1.25 bits per heavy atom. The van der Waals surface area contributed by atoms with Gasteiger partial charge in [-0.05, 0) is 38.0 Å². The molecule has 0 spiro atoms. The molecule has 1 aliphatic carbocycles. The molecule has 1 N–H and O–H groups in total. The van der Waals surface area contributed by atoms with Crippen LogP contribution in [0, 0.1) is 11.8 Å². The van der Waals surface area contributed by atoms with E-state index in [0.717, 1.165) is 38.6 Å². The molecule has 2 aliphatic rings. The second-order valence-electron chi connectivity index (χ2n) is 6.96. The molecule has 1 saturated carbocycles. The topological polar surface area (TPSA) is 32.7 Å². The summed E-state index contributed by atoms with van der Waals surface area (Å²) in [7, 11) is 0. The highest BCUT2D eigenvalue weighted by atomic mass is 16.5. The van der Waals surface area contributed by atoms with E-state index in [1.165, 1.54) is 32.1 Å². The number of rotatable bonds is 5. The first-order chi connectivity index (χ1) is 9.61. The molecule has 0 bridgehead atoms. The predicted octanol–water partition coefficient (Wildman–Crippen LogP) is 3.06. The lowest BCUT2D eigenvalue weighted by Gasteiger charge is -2.49. The van der Waals surface area contributed by atoms with Crippen molar-refractivity contribution in [3.05, 3.63) is 0 Å². The van der Waals surface area contributed by atoms with Crippen LogP contribution in [0.25, 0.3) is 0 Å². The van der Waals surface area contributed by atoms with Crippen molar-refractivity contribution in [1.29, 1.82) is 0 Å². The average Bonchev–Trinajstić information content (AvgIpc) is 2.54. The maximum Gasteiger partial charge on any atom is 0.0749 e. The van der Waals surface area contributed by atoms with E-state index in [2.05, 4.69) is 25.7 Å². The minimum Gasteiger partial charge on any atom is -0.391 e. The zero-order valence-corrected chi connectivity index (χ0v) is 13.6. The highest BCUT2D eigenvalue weighted by Crippen LogP contribution is 2.38. The summed E-state index contributed by atoms with van der Waals surface area (Å²) in [5.74, 6) is 1.32. The maximum atomic E-state index is 11.1. The molecule has 3 heteroatoms. The molecule has 3 nitrogen and oxygen atoms in total. The van der Waals surface area contributed by atoms with E-state index in [1.54, 1.807) is 0 Å². The fraction of sp³-hybridized carbons (Fsp3) is 1.00. The quantitative estimate of drug-likeness (QED) is 0.841. The number of hydrogen-bond donors (Lipinski definition) is 1. The van der Waals surface area contributed by atoms with E-state index in [9.17, 15) is 5.11 Å². The van der Waals surface area contributed by atoms with Crippen molar-refractivity contribution in [3.63, 3.8) is 0 Å². The first kappa shape index (κ1) is 16.3. The number of morpholine rings is 1. The summed E-state index contributed by atoms with van der Waals surface area (Å²) in [5, 5.41) is 11.1. The molecule has 0 aromatic carbocycles. The summed E-state index contributed by atoms with van der Waals surface area (Å²) in [4.78, 5) is 2.47. The molecule has 20 heavy (non-hydrogen) atoms. The second-order valence-corrected chi connectivity index (χ2v) is 6.96. The van der Waals surface area contributed by atoms with E-state index in [-0.39, 0.29) is 11.6 Å². The van der Waals surface area contributed by atoms with Crippen molar-refractivity contribution in [2.75, 3.05) is 26.3 Å². The van der Waals surface area contributed by atoms with Crippen molar-refractivity contribution < 1.29 is 9.84 Å². The lowest BCUT2D eigenvalue weighted by atomic mass is 9.71. The molecule has 4 unspecified atom stereocenters. The summed E-state index contributed by atoms with van der Waals surface area (Å²) >= 11 is 0. The van der Waals surface area contributed by atoms with Crippen LogP contribution < -0.4 is 0 Å². The van der Waals surface area contributed by atoms with Gasteiger partial charge in [0.25, 0.3) is 0 Å². The van der Waals surface area contributed by atoms with Crippen LogP contribution in [-0.4, -0.2) is 48.0 Å². The van der Waals surface area contributed by atoms with Gasteiger partial charge in [0, 0.05) is 18.6 Å². The SMILES string of the molecule is CCC1CCCC(C(O)C(C)(CC)N2CCOCC2)C1. The van der Waals surface area contributed by atoms with Crippen LogP contribution in [0.5, 0.6) is 0 Å². The van der Waals surface area contributed by atoms with E-state index in [4.69, 9.17) is 4.74 Å². The van der Waals surface area contributed by atoms with Gasteiger partial charge in [0.15, 0.2) is 0 Å². The molecule has 1 saturated heterocycles. The van der Waals surface area contributed by atoms with Gasteiger partial charge in [-0.25, -0.2) is 0 Å². The van der Waals surface area contributed by atoms with Crippen LogP contribution in [0.1, 0.15) is 59.3 Å². The highest BCUT2D eigenvalue weighted by Gasteiger charge is 2.42. The normalized spacial score (nSPS) is 33.6. The summed E-state index contributed by atoms with van der Waals surface area (Å²) in [5.41, 5.74) is -0.0793. The Morgan fingerprint density at radius 2 is 1.95 bits per heavy atom. The number of aliphatic hydroxyl groups excluding tert-OH is 1. The number of hydrogen-bond acceptors (Lipinski definition) is 3. The summed E-state index contributed by atoms with van der Waals surface area (Å²) in [6, 6.07) is 0. The minimum absolute atomic E-state index is 0.0793. The van der Waals surface area contributed by atoms with Crippen LogP contribution in [0.4, 0.5) is 0 Å². The predicted molar refractivity (Wildman–Crippen MR) is 82.8 cm³/mol. The zero-order valence-electron chi connectivity index (χ0n) is 13.6. The molecule has 118 valence electrons. The van der Waals surface area contributed by atoms with Gasteiger partial charge >= 0.3 is 0 Å². The summed E-state index contributed by atoms with van der Waals surface area (Å²) < 4.78 is 5.48. The van der Waals surface area contributed by atoms with Gasteiger partial charge in [0.1, 0.15) is 0 Å². The van der Waals surface area contributed by atoms with Gasteiger partial charge in [-0.2, -0.15) is 0 Å². The Balaban J connectivity index is 2.04. The molecule has 0 aromatic rings. The lowest BCUT2D eigenvalue weighted by Crippen LogP contribution is -2.60. The van der Waals surface area contributed by atoms with Crippen molar-refractivity contribution in [1.82, 2.24) is 4.90 Å². The highest BCUT2D eigenvalue weighted by molar-refractivity contribution is 4.97. The van der Waals surface area contributed by atoms with Gasteiger partial charge in [0.2, 0.25) is 0 Å². The first-order valence-electron chi connectivity index (χ1n) is 8.62. The number of ether oxygens (including phenoxy) is 1. The average molecular weight is 283 g/mol. The van der Waals surface area contributed by atoms with E-state index in [1.807, 2.05) is 0 Å². The van der Waals surface area contributed by atoms with Gasteiger partial charge in [-0.15, -0.1) is 0 Å². The molecule has 0 aromatic heterocycles. The Hall–Kier alpha value is -0.120. The smallest absolute Gasteiger partial charge is 0.0749 e. The van der Waals surface area contributed by atoms with Crippen LogP contribution >= 0.6 is 0 Å². The molecule has 0 radical (unpaired) electrons. The Morgan fingerprint density at radius 3 is 2.55 bits per heavy atom. The van der Waals surface area contributed by atoms with Gasteiger partial charge in [0.05, 0.1) is 19.3 Å². The fourth-order valence-electron chi connectivity index (χ4n) is 4.19. The summed E-state index contributed by atoms with van der Waals surface area (Å²) in [6.45, 7) is 10.3. The largest absolute Gasteiger partial charge is 0.391 e. The second kappa shape index (κ2) is 7.24. The van der Waals surface area contributed by atoms with Crippen LogP contribution in [0.2, 0.25) is 0 Å².